The molecule has 226 valence electrons. The maximum Gasteiger partial charge on any atom is 0.229 e. The number of amides is 2. The van der Waals surface area contributed by atoms with Crippen LogP contribution in [-0.4, -0.2) is 22.9 Å². The molecular formula is C28H70N4O2S2. The van der Waals surface area contributed by atoms with Crippen molar-refractivity contribution in [3.63, 3.8) is 0 Å². The number of nitrogens with two attached hydrogens (primary N) is 2. The third-order valence-corrected chi connectivity index (χ3v) is 5.06. The van der Waals surface area contributed by atoms with Crippen LogP contribution in [0.5, 0.6) is 0 Å². The van der Waals surface area contributed by atoms with Crippen molar-refractivity contribution in [3.8, 4) is 0 Å². The fourth-order valence-corrected chi connectivity index (χ4v) is 0.474. The van der Waals surface area contributed by atoms with Gasteiger partial charge in [0.25, 0.3) is 0 Å². The highest BCUT2D eigenvalue weighted by Gasteiger charge is 2.27. The van der Waals surface area contributed by atoms with Gasteiger partial charge in [-0.2, -0.15) is 0 Å². The fraction of sp³-hybridized carbons (Fsp3) is 0.929. The lowest BCUT2D eigenvalue weighted by Gasteiger charge is -2.34. The summed E-state index contributed by atoms with van der Waals surface area (Å²) in [5.74, 6) is 0.712. The van der Waals surface area contributed by atoms with Crippen LogP contribution in [0.2, 0.25) is 0 Å². The molecule has 0 aliphatic heterocycles. The molecular weight excluding hydrogens is 488 g/mol. The van der Waals surface area contributed by atoms with Crippen molar-refractivity contribution in [1.82, 2.24) is 9.44 Å². The second-order valence-corrected chi connectivity index (χ2v) is 12.1. The molecule has 6 nitrogen and oxygen atoms in total. The van der Waals surface area contributed by atoms with Gasteiger partial charge in [-0.05, 0) is 51.4 Å². The lowest BCUT2D eigenvalue weighted by atomic mass is 9.77. The van der Waals surface area contributed by atoms with Gasteiger partial charge in [0.15, 0.2) is 0 Å². The topological polar surface area (TPSA) is 110 Å². The summed E-state index contributed by atoms with van der Waals surface area (Å²) in [6.07, 6.45) is 1.01. The first-order valence-electron chi connectivity index (χ1n) is 13.2. The molecule has 36 heavy (non-hydrogen) atoms. The van der Waals surface area contributed by atoms with Crippen molar-refractivity contribution >= 4 is 37.4 Å². The van der Waals surface area contributed by atoms with Crippen LogP contribution in [0.4, 0.5) is 0 Å². The summed E-state index contributed by atoms with van der Waals surface area (Å²) in [5, 5.41) is 0. The van der Waals surface area contributed by atoms with Crippen LogP contribution in [0.15, 0.2) is 0 Å². The first kappa shape index (κ1) is 52.1. The van der Waals surface area contributed by atoms with E-state index in [-0.39, 0.29) is 28.3 Å². The Balaban J connectivity index is -0.0000000567. The van der Waals surface area contributed by atoms with Gasteiger partial charge in [-0.3, -0.25) is 9.59 Å². The highest BCUT2D eigenvalue weighted by Crippen LogP contribution is 2.26. The zero-order valence-electron chi connectivity index (χ0n) is 27.9. The zero-order chi connectivity index (χ0) is 31.6. The van der Waals surface area contributed by atoms with Crippen molar-refractivity contribution in [3.05, 3.63) is 0 Å². The Labute approximate surface area is 239 Å². The van der Waals surface area contributed by atoms with Crippen molar-refractivity contribution in [1.29, 1.82) is 0 Å². The molecule has 0 aromatic heterocycles. The highest BCUT2D eigenvalue weighted by atomic mass is 32.1. The van der Waals surface area contributed by atoms with Gasteiger partial charge in [-0.1, -0.05) is 123 Å². The Morgan fingerprint density at radius 3 is 0.806 bits per heavy atom. The van der Waals surface area contributed by atoms with E-state index in [1.165, 1.54) is 0 Å². The number of rotatable bonds is 2. The number of hydrogen-bond acceptors (Lipinski definition) is 6. The molecule has 0 radical (unpaired) electrons. The number of carbonyl (C=O) groups excluding carboxylic acids is 2. The summed E-state index contributed by atoms with van der Waals surface area (Å²) in [6, 6.07) is 0. The predicted octanol–water partition coefficient (Wildman–Crippen LogP) is 7.97. The molecule has 2 amide bonds. The van der Waals surface area contributed by atoms with Gasteiger partial charge in [0.2, 0.25) is 11.8 Å². The van der Waals surface area contributed by atoms with Gasteiger partial charge in [0, 0.05) is 23.9 Å². The summed E-state index contributed by atoms with van der Waals surface area (Å²) in [6.45, 7) is 39.3. The number of thiol groups is 2. The Bertz CT molecular complexity index is 412. The minimum atomic E-state index is -0.0625. The second kappa shape index (κ2) is 29.1. The van der Waals surface area contributed by atoms with Gasteiger partial charge >= 0.3 is 0 Å². The van der Waals surface area contributed by atoms with Gasteiger partial charge < -0.3 is 20.9 Å². The minimum absolute atomic E-state index is 0. The molecule has 0 rings (SSSR count). The quantitative estimate of drug-likeness (QED) is 0.193. The third kappa shape index (κ3) is 69.9. The first-order valence-corrected chi connectivity index (χ1v) is 14.1. The molecule has 0 spiro atoms. The van der Waals surface area contributed by atoms with Crippen molar-refractivity contribution in [2.75, 3.05) is 0 Å². The van der Waals surface area contributed by atoms with Crippen molar-refractivity contribution in [2.24, 2.45) is 28.2 Å². The first-order chi connectivity index (χ1) is 15.8. The molecule has 0 unspecified atom stereocenters. The largest absolute Gasteiger partial charge is 0.326 e. The van der Waals surface area contributed by atoms with E-state index >= 15 is 0 Å². The fourth-order valence-electron chi connectivity index (χ4n) is 0.158. The molecule has 6 N–H and O–H groups in total. The maximum atomic E-state index is 9.99. The molecule has 0 saturated carbocycles. The molecule has 0 aliphatic rings. The number of carbonyl (C=O) groups is 2. The van der Waals surface area contributed by atoms with E-state index in [1.807, 2.05) is 62.3 Å². The Morgan fingerprint density at radius 2 is 0.806 bits per heavy atom. The standard InChI is InChI=1S/C7H17N.C7H16.C4H11N.2C3H7NOS.2C2H6/c1-6(2,3)7(4,5)8;1-6(2)7(3,4)5;1-4(2,3)5;2*1-2-3(5)4-6;2*1-2/h8H2,1-5H3;6H,1-5H3;5H2,1-3H3;2*6H,2H2,1H3,(H,4,5);2*1-2H3. The average Bonchev–Trinajstić information content (AvgIpc) is 2.73. The zero-order valence-corrected chi connectivity index (χ0v) is 29.6. The molecule has 0 atom stereocenters. The molecule has 0 aromatic rings. The van der Waals surface area contributed by atoms with E-state index in [9.17, 15) is 9.59 Å². The molecule has 0 aliphatic carbocycles. The van der Waals surface area contributed by atoms with Crippen LogP contribution in [0.3, 0.4) is 0 Å². The SMILES string of the molecule is CC.CC.CC(C)(C)C(C)(C)N.CC(C)(C)N.CC(C)C(C)(C)C.CCC(=O)NS.CCC(=O)NS. The number of nitrogens with one attached hydrogen (secondary N) is 2. The Morgan fingerprint density at radius 1 is 0.667 bits per heavy atom. The predicted molar refractivity (Wildman–Crippen MR) is 173 cm³/mol. The van der Waals surface area contributed by atoms with Gasteiger partial charge in [-0.25, -0.2) is 0 Å². The molecule has 0 fully saturated rings. The lowest BCUT2D eigenvalue weighted by Crippen LogP contribution is -2.45. The van der Waals surface area contributed by atoms with Crippen LogP contribution in [0.1, 0.15) is 144 Å². The second-order valence-electron chi connectivity index (χ2n) is 11.6. The van der Waals surface area contributed by atoms with Crippen LogP contribution >= 0.6 is 25.6 Å². The Hall–Kier alpha value is -0.440. The average molecular weight is 559 g/mol. The normalized spacial score (nSPS) is 10.2. The van der Waals surface area contributed by atoms with Gasteiger partial charge in [0.1, 0.15) is 0 Å². The molecule has 0 heterocycles. The summed E-state index contributed by atoms with van der Waals surface area (Å²) in [5.41, 5.74) is 11.8. The van der Waals surface area contributed by atoms with Crippen LogP contribution in [-0.2, 0) is 9.59 Å². The maximum absolute atomic E-state index is 9.99. The van der Waals surface area contributed by atoms with Crippen LogP contribution < -0.4 is 20.9 Å². The summed E-state index contributed by atoms with van der Waals surface area (Å²) >= 11 is 6.99. The van der Waals surface area contributed by atoms with E-state index in [2.05, 4.69) is 90.5 Å². The number of hydrogen-bond donors (Lipinski definition) is 6. The molecule has 8 heteroatoms. The van der Waals surface area contributed by atoms with Gasteiger partial charge in [-0.15, -0.1) is 0 Å². The van der Waals surface area contributed by atoms with Crippen molar-refractivity contribution in [2.45, 2.75) is 155 Å². The van der Waals surface area contributed by atoms with E-state index in [0.717, 1.165) is 5.92 Å². The smallest absolute Gasteiger partial charge is 0.229 e. The lowest BCUT2D eigenvalue weighted by molar-refractivity contribution is -0.119. The van der Waals surface area contributed by atoms with E-state index in [4.69, 9.17) is 11.5 Å². The van der Waals surface area contributed by atoms with E-state index in [1.54, 1.807) is 13.8 Å². The molecule has 0 saturated heterocycles. The third-order valence-electron chi connectivity index (χ3n) is 4.56. The summed E-state index contributed by atoms with van der Waals surface area (Å²) < 4.78 is 4.34. The van der Waals surface area contributed by atoms with Gasteiger partial charge in [0.05, 0.1) is 0 Å². The highest BCUT2D eigenvalue weighted by molar-refractivity contribution is 7.78. The van der Waals surface area contributed by atoms with Crippen LogP contribution in [0, 0.1) is 16.7 Å². The van der Waals surface area contributed by atoms with E-state index < -0.39 is 0 Å². The monoisotopic (exact) mass is 558 g/mol. The van der Waals surface area contributed by atoms with E-state index in [0.29, 0.717) is 18.3 Å². The minimum Gasteiger partial charge on any atom is -0.326 e. The molecule has 0 aromatic carbocycles. The summed E-state index contributed by atoms with van der Waals surface area (Å²) in [7, 11) is 0. The molecule has 0 bridgehead atoms. The van der Waals surface area contributed by atoms with Crippen molar-refractivity contribution < 1.29 is 9.59 Å². The van der Waals surface area contributed by atoms with Crippen LogP contribution in [0.25, 0.3) is 0 Å². The Kier molecular flexibility index (Phi) is 42.1. The summed E-state index contributed by atoms with van der Waals surface area (Å²) in [4.78, 5) is 20.0.